The molecule has 5 nitrogen and oxygen atoms in total. The van der Waals surface area contributed by atoms with Gasteiger partial charge in [-0.3, -0.25) is 9.59 Å². The maximum absolute atomic E-state index is 13.0. The van der Waals surface area contributed by atoms with Gasteiger partial charge in [0.05, 0.1) is 25.2 Å². The minimum absolute atomic E-state index is 0.146. The molecular formula is C21H22ClFN3O2+. The van der Waals surface area contributed by atoms with E-state index in [1.54, 1.807) is 36.4 Å². The third-order valence-electron chi connectivity index (χ3n) is 5.55. The Bertz CT molecular complexity index is 881. The van der Waals surface area contributed by atoms with Crippen LogP contribution in [0.2, 0.25) is 5.02 Å². The van der Waals surface area contributed by atoms with Gasteiger partial charge in [-0.1, -0.05) is 17.7 Å². The van der Waals surface area contributed by atoms with Crippen molar-refractivity contribution in [2.24, 2.45) is 0 Å². The van der Waals surface area contributed by atoms with E-state index in [1.165, 1.54) is 17.0 Å². The number of halogens is 2. The number of amides is 2. The standard InChI is InChI=1S/C21H21ClFN3O2/c22-14-2-1-3-18(12-14)26-20(27)13-19(21(26)28)25-10-8-17(9-11-25)24-16-6-4-15(23)5-7-16/h1-7,12,17,19,24H,8-11,13H2/p+1/t19-/m0/s1. The molecule has 0 saturated carbocycles. The van der Waals surface area contributed by atoms with Gasteiger partial charge in [-0.2, -0.15) is 0 Å². The lowest BCUT2D eigenvalue weighted by atomic mass is 10.0. The van der Waals surface area contributed by atoms with Crippen LogP contribution >= 0.6 is 11.6 Å². The average molecular weight is 403 g/mol. The van der Waals surface area contributed by atoms with Crippen molar-refractivity contribution >= 4 is 34.8 Å². The Morgan fingerprint density at radius 1 is 1.07 bits per heavy atom. The zero-order valence-corrected chi connectivity index (χ0v) is 16.1. The second-order valence-electron chi connectivity index (χ2n) is 7.39. The van der Waals surface area contributed by atoms with Crippen LogP contribution in [-0.2, 0) is 9.59 Å². The van der Waals surface area contributed by atoms with Crippen LogP contribution in [0.5, 0.6) is 0 Å². The average Bonchev–Trinajstić information content (AvgIpc) is 2.98. The Kier molecular flexibility index (Phi) is 5.33. The molecule has 4 rings (SSSR count). The largest absolute Gasteiger partial charge is 0.382 e. The van der Waals surface area contributed by atoms with E-state index in [1.807, 2.05) is 0 Å². The van der Waals surface area contributed by atoms with Crippen molar-refractivity contribution in [2.75, 3.05) is 23.3 Å². The number of rotatable bonds is 4. The maximum atomic E-state index is 13.0. The van der Waals surface area contributed by atoms with Crippen LogP contribution in [-0.4, -0.2) is 37.0 Å². The summed E-state index contributed by atoms with van der Waals surface area (Å²) in [5.41, 5.74) is 1.44. The molecule has 0 unspecified atom stereocenters. The van der Waals surface area contributed by atoms with Crippen LogP contribution in [0.1, 0.15) is 19.3 Å². The minimum Gasteiger partial charge on any atom is -0.382 e. The topological polar surface area (TPSA) is 53.9 Å². The Morgan fingerprint density at radius 2 is 1.79 bits per heavy atom. The number of hydrogen-bond acceptors (Lipinski definition) is 3. The van der Waals surface area contributed by atoms with Gasteiger partial charge in [0.25, 0.3) is 5.91 Å². The SMILES string of the molecule is O=C1C[C@H]([NH+]2CCC(Nc3ccc(F)cc3)CC2)C(=O)N1c1cccc(Cl)c1. The summed E-state index contributed by atoms with van der Waals surface area (Å²) >= 11 is 6.01. The number of piperidine rings is 1. The summed E-state index contributed by atoms with van der Waals surface area (Å²) in [4.78, 5) is 27.8. The number of hydrogen-bond donors (Lipinski definition) is 2. The predicted octanol–water partition coefficient (Wildman–Crippen LogP) is 2.27. The summed E-state index contributed by atoms with van der Waals surface area (Å²) in [6.45, 7) is 1.62. The molecule has 2 aliphatic heterocycles. The highest BCUT2D eigenvalue weighted by molar-refractivity contribution is 6.31. The van der Waals surface area contributed by atoms with Crippen LogP contribution < -0.4 is 15.1 Å². The van der Waals surface area contributed by atoms with E-state index in [-0.39, 0.29) is 36.1 Å². The van der Waals surface area contributed by atoms with E-state index in [4.69, 9.17) is 11.6 Å². The summed E-state index contributed by atoms with van der Waals surface area (Å²) in [5, 5.41) is 3.92. The monoisotopic (exact) mass is 402 g/mol. The third-order valence-corrected chi connectivity index (χ3v) is 5.78. The van der Waals surface area contributed by atoms with Crippen LogP contribution in [0.15, 0.2) is 48.5 Å². The molecule has 2 heterocycles. The van der Waals surface area contributed by atoms with Gasteiger partial charge in [0.1, 0.15) is 5.82 Å². The number of nitrogens with one attached hydrogen (secondary N) is 2. The lowest BCUT2D eigenvalue weighted by Crippen LogP contribution is -3.17. The third kappa shape index (κ3) is 3.88. The van der Waals surface area contributed by atoms with Crippen molar-refractivity contribution in [3.8, 4) is 0 Å². The van der Waals surface area contributed by atoms with E-state index in [0.29, 0.717) is 10.7 Å². The predicted molar refractivity (Wildman–Crippen MR) is 106 cm³/mol. The molecule has 146 valence electrons. The quantitative estimate of drug-likeness (QED) is 0.771. The highest BCUT2D eigenvalue weighted by Crippen LogP contribution is 2.25. The van der Waals surface area contributed by atoms with Gasteiger partial charge in [-0.15, -0.1) is 0 Å². The molecule has 28 heavy (non-hydrogen) atoms. The molecule has 2 N–H and O–H groups in total. The van der Waals surface area contributed by atoms with E-state index in [9.17, 15) is 14.0 Å². The van der Waals surface area contributed by atoms with Gasteiger partial charge >= 0.3 is 0 Å². The first-order valence-electron chi connectivity index (χ1n) is 9.50. The minimum atomic E-state index is -0.335. The van der Waals surface area contributed by atoms with E-state index in [2.05, 4.69) is 5.32 Å². The van der Waals surface area contributed by atoms with Crippen LogP contribution in [0.3, 0.4) is 0 Å². The summed E-state index contributed by atoms with van der Waals surface area (Å²) in [5.74, 6) is -0.568. The van der Waals surface area contributed by atoms with Crippen molar-refractivity contribution in [3.63, 3.8) is 0 Å². The first kappa shape index (κ1) is 18.9. The summed E-state index contributed by atoms with van der Waals surface area (Å²) < 4.78 is 13.0. The van der Waals surface area contributed by atoms with Crippen molar-refractivity contribution in [2.45, 2.75) is 31.3 Å². The number of anilines is 2. The number of benzene rings is 2. The Morgan fingerprint density at radius 3 is 2.46 bits per heavy atom. The molecule has 0 bridgehead atoms. The van der Waals surface area contributed by atoms with Crippen molar-refractivity contribution in [1.82, 2.24) is 0 Å². The molecule has 0 spiro atoms. The van der Waals surface area contributed by atoms with Crippen molar-refractivity contribution in [3.05, 3.63) is 59.4 Å². The number of carbonyl (C=O) groups is 2. The molecule has 2 fully saturated rings. The number of imide groups is 1. The Balaban J connectivity index is 1.37. The molecule has 0 aromatic heterocycles. The molecular weight excluding hydrogens is 381 g/mol. The van der Waals surface area contributed by atoms with Crippen LogP contribution in [0, 0.1) is 5.82 Å². The second-order valence-corrected chi connectivity index (χ2v) is 7.82. The van der Waals surface area contributed by atoms with Crippen molar-refractivity contribution < 1.29 is 18.9 Å². The fourth-order valence-corrected chi connectivity index (χ4v) is 4.29. The summed E-state index contributed by atoms with van der Waals surface area (Å²) in [6, 6.07) is 13.1. The number of likely N-dealkylation sites (tertiary alicyclic amines) is 1. The molecule has 7 heteroatoms. The van der Waals surface area contributed by atoms with Gasteiger partial charge in [0, 0.05) is 29.6 Å². The Hall–Kier alpha value is -2.44. The fourth-order valence-electron chi connectivity index (χ4n) is 4.10. The fraction of sp³-hybridized carbons (Fsp3) is 0.333. The van der Waals surface area contributed by atoms with Gasteiger partial charge in [0.2, 0.25) is 5.91 Å². The molecule has 0 aliphatic carbocycles. The van der Waals surface area contributed by atoms with Crippen LogP contribution in [0.4, 0.5) is 15.8 Å². The van der Waals surface area contributed by atoms with Gasteiger partial charge < -0.3 is 10.2 Å². The van der Waals surface area contributed by atoms with E-state index >= 15 is 0 Å². The number of quaternary nitrogens is 1. The zero-order valence-electron chi connectivity index (χ0n) is 15.3. The normalized spacial score (nSPS) is 25.2. The molecule has 2 amide bonds. The first-order chi connectivity index (χ1) is 13.5. The van der Waals surface area contributed by atoms with E-state index in [0.717, 1.165) is 36.5 Å². The molecule has 0 radical (unpaired) electrons. The van der Waals surface area contributed by atoms with Gasteiger partial charge in [-0.05, 0) is 42.5 Å². The summed E-state index contributed by atoms with van der Waals surface area (Å²) in [6.07, 6.45) is 2.01. The highest BCUT2D eigenvalue weighted by Gasteiger charge is 2.46. The Labute approximate surface area is 168 Å². The molecule has 2 aliphatic rings. The maximum Gasteiger partial charge on any atom is 0.292 e. The van der Waals surface area contributed by atoms with Crippen LogP contribution in [0.25, 0.3) is 0 Å². The van der Waals surface area contributed by atoms with Crippen molar-refractivity contribution in [1.29, 1.82) is 0 Å². The highest BCUT2D eigenvalue weighted by atomic mass is 35.5. The molecule has 2 aromatic rings. The van der Waals surface area contributed by atoms with Gasteiger partial charge in [0.15, 0.2) is 6.04 Å². The first-order valence-corrected chi connectivity index (χ1v) is 9.88. The molecule has 1 atom stereocenters. The lowest BCUT2D eigenvalue weighted by Gasteiger charge is -2.32. The second kappa shape index (κ2) is 7.89. The molecule has 2 aromatic carbocycles. The zero-order chi connectivity index (χ0) is 19.7. The summed E-state index contributed by atoms with van der Waals surface area (Å²) in [7, 11) is 0. The number of nitrogens with zero attached hydrogens (tertiary/aromatic N) is 1. The molecule has 2 saturated heterocycles. The van der Waals surface area contributed by atoms with Gasteiger partial charge in [-0.25, -0.2) is 9.29 Å². The smallest absolute Gasteiger partial charge is 0.292 e. The lowest BCUT2D eigenvalue weighted by molar-refractivity contribution is -0.919. The number of carbonyl (C=O) groups excluding carboxylic acids is 2. The van der Waals surface area contributed by atoms with E-state index < -0.39 is 0 Å².